The molecule has 2 aliphatic heterocycles. The molecule has 0 unspecified atom stereocenters. The van der Waals surface area contributed by atoms with Crippen LogP contribution in [0.1, 0.15) is 25.3 Å². The van der Waals surface area contributed by atoms with Crippen molar-refractivity contribution in [2.75, 3.05) is 25.0 Å². The van der Waals surface area contributed by atoms with Gasteiger partial charge in [0.1, 0.15) is 0 Å². The first-order chi connectivity index (χ1) is 9.16. The van der Waals surface area contributed by atoms with E-state index < -0.39 is 0 Å². The third kappa shape index (κ3) is 2.27. The topological polar surface area (TPSA) is 23.6 Å². The van der Waals surface area contributed by atoms with Crippen molar-refractivity contribution in [3.63, 3.8) is 0 Å². The maximum atomic E-state index is 12.8. The molecule has 0 aliphatic carbocycles. The number of rotatable bonds is 1. The zero-order valence-electron chi connectivity index (χ0n) is 11.8. The zero-order valence-corrected chi connectivity index (χ0v) is 11.8. The van der Waals surface area contributed by atoms with Gasteiger partial charge in [0.15, 0.2) is 0 Å². The van der Waals surface area contributed by atoms with Crippen LogP contribution in [0.4, 0.5) is 5.69 Å². The van der Waals surface area contributed by atoms with E-state index in [4.69, 9.17) is 0 Å². The fourth-order valence-corrected chi connectivity index (χ4v) is 3.47. The summed E-state index contributed by atoms with van der Waals surface area (Å²) in [7, 11) is 2.11. The zero-order chi connectivity index (χ0) is 13.4. The maximum Gasteiger partial charge on any atom is 0.231 e. The van der Waals surface area contributed by atoms with E-state index in [1.165, 1.54) is 5.56 Å². The van der Waals surface area contributed by atoms with E-state index in [1.54, 1.807) is 0 Å². The Labute approximate surface area is 115 Å². The summed E-state index contributed by atoms with van der Waals surface area (Å²) in [5, 5.41) is 0. The van der Waals surface area contributed by atoms with E-state index in [0.29, 0.717) is 11.9 Å². The van der Waals surface area contributed by atoms with Gasteiger partial charge in [-0.05, 0) is 51.4 Å². The Morgan fingerprint density at radius 2 is 2.11 bits per heavy atom. The number of likely N-dealkylation sites (tertiary alicyclic amines) is 1. The molecule has 2 heterocycles. The van der Waals surface area contributed by atoms with Gasteiger partial charge >= 0.3 is 0 Å². The summed E-state index contributed by atoms with van der Waals surface area (Å²) in [5.74, 6) is 0.497. The number of para-hydroxylation sites is 1. The first-order valence-electron chi connectivity index (χ1n) is 7.26. The Hall–Kier alpha value is -1.35. The summed E-state index contributed by atoms with van der Waals surface area (Å²) in [4.78, 5) is 17.1. The minimum absolute atomic E-state index is 0.173. The van der Waals surface area contributed by atoms with Crippen LogP contribution in [-0.2, 0) is 11.2 Å². The lowest BCUT2D eigenvalue weighted by Crippen LogP contribution is -2.45. The molecule has 19 heavy (non-hydrogen) atoms. The van der Waals surface area contributed by atoms with Crippen molar-refractivity contribution in [1.29, 1.82) is 0 Å². The summed E-state index contributed by atoms with van der Waals surface area (Å²) in [6.45, 7) is 4.19. The molecule has 2 atom stereocenters. The van der Waals surface area contributed by atoms with Gasteiger partial charge in [0, 0.05) is 18.3 Å². The van der Waals surface area contributed by atoms with Crippen LogP contribution in [0, 0.1) is 5.92 Å². The van der Waals surface area contributed by atoms with Crippen molar-refractivity contribution >= 4 is 11.6 Å². The standard InChI is InChI=1S/C16H22N2O/c1-12-10-13-6-3-4-8-15(13)18(12)16(19)14-7-5-9-17(2)11-14/h3-4,6,8,12,14H,5,7,9-11H2,1-2H3/t12-,14-/m0/s1. The number of carbonyl (C=O) groups is 1. The van der Waals surface area contributed by atoms with Gasteiger partial charge in [-0.2, -0.15) is 0 Å². The summed E-state index contributed by atoms with van der Waals surface area (Å²) in [6, 6.07) is 8.63. The Kier molecular flexibility index (Phi) is 3.31. The Morgan fingerprint density at radius 1 is 1.32 bits per heavy atom. The molecule has 102 valence electrons. The second-order valence-electron chi connectivity index (χ2n) is 5.99. The van der Waals surface area contributed by atoms with Gasteiger partial charge < -0.3 is 9.80 Å². The van der Waals surface area contributed by atoms with Crippen LogP contribution in [0.15, 0.2) is 24.3 Å². The van der Waals surface area contributed by atoms with Crippen molar-refractivity contribution in [1.82, 2.24) is 4.90 Å². The Bertz CT molecular complexity index is 485. The number of amides is 1. The maximum absolute atomic E-state index is 12.8. The number of hydrogen-bond acceptors (Lipinski definition) is 2. The third-order valence-electron chi connectivity index (χ3n) is 4.42. The molecule has 0 N–H and O–H groups in total. The first kappa shape index (κ1) is 12.7. The average molecular weight is 258 g/mol. The SMILES string of the molecule is C[C@H]1Cc2ccccc2N1C(=O)[C@H]1CCCN(C)C1. The van der Waals surface area contributed by atoms with Crippen LogP contribution < -0.4 is 4.90 Å². The van der Waals surface area contributed by atoms with Crippen molar-refractivity contribution in [3.8, 4) is 0 Å². The van der Waals surface area contributed by atoms with E-state index in [-0.39, 0.29) is 5.92 Å². The van der Waals surface area contributed by atoms with Crippen LogP contribution in [0.2, 0.25) is 0 Å². The third-order valence-corrected chi connectivity index (χ3v) is 4.42. The van der Waals surface area contributed by atoms with Crippen LogP contribution >= 0.6 is 0 Å². The molecule has 0 bridgehead atoms. The number of anilines is 1. The number of benzene rings is 1. The highest BCUT2D eigenvalue weighted by Gasteiger charge is 2.35. The second kappa shape index (κ2) is 4.97. The molecular weight excluding hydrogens is 236 g/mol. The molecule has 3 rings (SSSR count). The average Bonchev–Trinajstić information content (AvgIpc) is 2.74. The first-order valence-corrected chi connectivity index (χ1v) is 7.26. The van der Waals surface area contributed by atoms with Crippen LogP contribution in [-0.4, -0.2) is 37.0 Å². The highest BCUT2D eigenvalue weighted by atomic mass is 16.2. The molecule has 1 aromatic rings. The van der Waals surface area contributed by atoms with Gasteiger partial charge in [-0.1, -0.05) is 18.2 Å². The van der Waals surface area contributed by atoms with Crippen molar-refractivity contribution in [3.05, 3.63) is 29.8 Å². The van der Waals surface area contributed by atoms with Crippen LogP contribution in [0.5, 0.6) is 0 Å². The number of piperidine rings is 1. The van der Waals surface area contributed by atoms with Gasteiger partial charge in [0.05, 0.1) is 5.92 Å². The number of nitrogens with zero attached hydrogens (tertiary/aromatic N) is 2. The number of fused-ring (bicyclic) bond motifs is 1. The highest BCUT2D eigenvalue weighted by Crippen LogP contribution is 2.34. The van der Waals surface area contributed by atoms with E-state index in [0.717, 1.165) is 38.0 Å². The van der Waals surface area contributed by atoms with Crippen molar-refractivity contribution < 1.29 is 4.79 Å². The summed E-state index contributed by atoms with van der Waals surface area (Å²) in [6.07, 6.45) is 3.16. The molecule has 3 nitrogen and oxygen atoms in total. The molecule has 1 saturated heterocycles. The van der Waals surface area contributed by atoms with Crippen molar-refractivity contribution in [2.24, 2.45) is 5.92 Å². The van der Waals surface area contributed by atoms with Crippen molar-refractivity contribution in [2.45, 2.75) is 32.2 Å². The van der Waals surface area contributed by atoms with Gasteiger partial charge in [-0.15, -0.1) is 0 Å². The van der Waals surface area contributed by atoms with E-state index >= 15 is 0 Å². The monoisotopic (exact) mass is 258 g/mol. The Balaban J connectivity index is 1.83. The lowest BCUT2D eigenvalue weighted by molar-refractivity contribution is -0.124. The number of carbonyl (C=O) groups excluding carboxylic acids is 1. The largest absolute Gasteiger partial charge is 0.309 e. The minimum Gasteiger partial charge on any atom is -0.309 e. The van der Waals surface area contributed by atoms with E-state index in [9.17, 15) is 4.79 Å². The molecule has 0 aromatic heterocycles. The lowest BCUT2D eigenvalue weighted by atomic mass is 9.96. The molecule has 3 heteroatoms. The smallest absolute Gasteiger partial charge is 0.231 e. The van der Waals surface area contributed by atoms with Crippen LogP contribution in [0.3, 0.4) is 0 Å². The fourth-order valence-electron chi connectivity index (χ4n) is 3.47. The molecule has 0 radical (unpaired) electrons. The summed E-state index contributed by atoms with van der Waals surface area (Å²) < 4.78 is 0. The lowest BCUT2D eigenvalue weighted by Gasteiger charge is -2.33. The summed E-state index contributed by atoms with van der Waals surface area (Å²) in [5.41, 5.74) is 2.45. The molecule has 0 spiro atoms. The molecule has 1 amide bonds. The quantitative estimate of drug-likeness (QED) is 0.771. The normalized spacial score (nSPS) is 27.4. The van der Waals surface area contributed by atoms with Gasteiger partial charge in [0.25, 0.3) is 0 Å². The molecule has 1 fully saturated rings. The minimum atomic E-state index is 0.173. The molecular formula is C16H22N2O. The van der Waals surface area contributed by atoms with Gasteiger partial charge in [-0.25, -0.2) is 0 Å². The van der Waals surface area contributed by atoms with Gasteiger partial charge in [0.2, 0.25) is 5.91 Å². The number of hydrogen-bond donors (Lipinski definition) is 0. The fraction of sp³-hybridized carbons (Fsp3) is 0.562. The summed E-state index contributed by atoms with van der Waals surface area (Å²) >= 11 is 0. The van der Waals surface area contributed by atoms with Crippen LogP contribution in [0.25, 0.3) is 0 Å². The predicted octanol–water partition coefficient (Wildman–Crippen LogP) is 2.31. The van der Waals surface area contributed by atoms with E-state index in [2.05, 4.69) is 37.1 Å². The predicted molar refractivity (Wildman–Crippen MR) is 77.3 cm³/mol. The highest BCUT2D eigenvalue weighted by molar-refractivity contribution is 5.97. The van der Waals surface area contributed by atoms with E-state index in [1.807, 2.05) is 11.0 Å². The van der Waals surface area contributed by atoms with Gasteiger partial charge in [-0.3, -0.25) is 4.79 Å². The molecule has 0 saturated carbocycles. The Morgan fingerprint density at radius 3 is 2.89 bits per heavy atom. The second-order valence-corrected chi connectivity index (χ2v) is 5.99. The molecule has 1 aromatic carbocycles. The molecule has 2 aliphatic rings.